The van der Waals surface area contributed by atoms with Gasteiger partial charge in [-0.3, -0.25) is 19.6 Å². The smallest absolute Gasteiger partial charge is 0.255 e. The van der Waals surface area contributed by atoms with Gasteiger partial charge >= 0.3 is 0 Å². The largest absolute Gasteiger partial charge is 0.376 e. The van der Waals surface area contributed by atoms with E-state index < -0.39 is 0 Å². The summed E-state index contributed by atoms with van der Waals surface area (Å²) in [5.41, 5.74) is 2.36. The van der Waals surface area contributed by atoms with Gasteiger partial charge in [0.25, 0.3) is 5.91 Å². The number of rotatable bonds is 4. The van der Waals surface area contributed by atoms with Crippen LogP contribution in [0.4, 0.5) is 0 Å². The Bertz CT molecular complexity index is 840. The second-order valence-corrected chi connectivity index (χ2v) is 7.42. The normalized spacial score (nSPS) is 23.9. The first-order valence-electron chi connectivity index (χ1n) is 9.63. The topological polar surface area (TPSA) is 84.4 Å². The Morgan fingerprint density at radius 1 is 1.29 bits per heavy atom. The molecule has 0 aliphatic carbocycles. The van der Waals surface area contributed by atoms with E-state index in [4.69, 9.17) is 4.74 Å². The maximum atomic E-state index is 13.1. The predicted molar refractivity (Wildman–Crippen MR) is 102 cm³/mol. The third-order valence-electron chi connectivity index (χ3n) is 5.49. The fourth-order valence-electron chi connectivity index (χ4n) is 3.97. The molecule has 28 heavy (non-hydrogen) atoms. The maximum absolute atomic E-state index is 13.1. The van der Waals surface area contributed by atoms with Crippen LogP contribution in [0.1, 0.15) is 34.5 Å². The van der Waals surface area contributed by atoms with Gasteiger partial charge in [0, 0.05) is 44.0 Å². The Morgan fingerprint density at radius 2 is 2.18 bits per heavy atom. The highest BCUT2D eigenvalue weighted by Crippen LogP contribution is 2.32. The van der Waals surface area contributed by atoms with E-state index in [0.29, 0.717) is 31.7 Å². The molecule has 7 heteroatoms. The van der Waals surface area contributed by atoms with Gasteiger partial charge in [-0.2, -0.15) is 0 Å². The number of hydrogen-bond donors (Lipinski definition) is 1. The number of carbonyl (C=O) groups is 2. The number of hydrogen-bond acceptors (Lipinski definition) is 5. The number of pyridine rings is 2. The number of fused-ring (bicyclic) bond motifs is 1. The molecule has 146 valence electrons. The Kier molecular flexibility index (Phi) is 5.34. The zero-order valence-corrected chi connectivity index (χ0v) is 15.9. The molecule has 4 heterocycles. The second-order valence-electron chi connectivity index (χ2n) is 7.42. The van der Waals surface area contributed by atoms with Crippen LogP contribution in [-0.4, -0.2) is 52.0 Å². The second kappa shape index (κ2) is 8.06. The lowest BCUT2D eigenvalue weighted by Gasteiger charge is -2.40. The molecular weight excluding hydrogens is 356 g/mol. The van der Waals surface area contributed by atoms with E-state index in [2.05, 4.69) is 15.3 Å². The van der Waals surface area contributed by atoms with Crippen LogP contribution < -0.4 is 5.32 Å². The minimum Gasteiger partial charge on any atom is -0.376 e. The van der Waals surface area contributed by atoms with Crippen LogP contribution in [0.3, 0.4) is 0 Å². The maximum Gasteiger partial charge on any atom is 0.255 e. The Labute approximate surface area is 164 Å². The molecule has 0 radical (unpaired) electrons. The number of nitrogens with one attached hydrogen (secondary N) is 1. The summed E-state index contributed by atoms with van der Waals surface area (Å²) in [6.45, 7) is 3.33. The minimum atomic E-state index is -0.293. The molecule has 2 saturated heterocycles. The van der Waals surface area contributed by atoms with Gasteiger partial charge in [-0.05, 0) is 43.5 Å². The van der Waals surface area contributed by atoms with Crippen molar-refractivity contribution in [2.75, 3.05) is 13.2 Å². The molecule has 0 spiro atoms. The summed E-state index contributed by atoms with van der Waals surface area (Å²) in [6.07, 6.45) is 6.39. The lowest BCUT2D eigenvalue weighted by molar-refractivity contribution is -0.128. The van der Waals surface area contributed by atoms with Crippen molar-refractivity contribution in [2.24, 2.45) is 5.92 Å². The molecule has 2 aliphatic heterocycles. The zero-order valence-electron chi connectivity index (χ0n) is 15.9. The van der Waals surface area contributed by atoms with Crippen molar-refractivity contribution in [2.45, 2.75) is 38.5 Å². The standard InChI is InChI=1S/C21H24N4O3/c1-14-4-5-16(12-23-14)21(27)25-13-17(9-19-18(25)6-8-28-19)20(26)24-11-15-3-2-7-22-10-15/h2-5,7,10,12,17-19H,6,8-9,11,13H2,1H3,(H,24,26)/t17-,18+,19+/m0/s1. The summed E-state index contributed by atoms with van der Waals surface area (Å²) in [5.74, 6) is -0.436. The van der Waals surface area contributed by atoms with Gasteiger partial charge < -0.3 is 15.0 Å². The molecule has 0 unspecified atom stereocenters. The van der Waals surface area contributed by atoms with Crippen molar-refractivity contribution < 1.29 is 14.3 Å². The lowest BCUT2D eigenvalue weighted by atomic mass is 9.89. The summed E-state index contributed by atoms with van der Waals surface area (Å²) in [4.78, 5) is 36.0. The lowest BCUT2D eigenvalue weighted by Crippen LogP contribution is -2.55. The van der Waals surface area contributed by atoms with Crippen molar-refractivity contribution in [3.8, 4) is 0 Å². The van der Waals surface area contributed by atoms with E-state index in [9.17, 15) is 9.59 Å². The van der Waals surface area contributed by atoms with E-state index in [-0.39, 0.29) is 29.9 Å². The van der Waals surface area contributed by atoms with Crippen LogP contribution in [0, 0.1) is 12.8 Å². The van der Waals surface area contributed by atoms with Crippen molar-refractivity contribution >= 4 is 11.8 Å². The van der Waals surface area contributed by atoms with Crippen molar-refractivity contribution in [1.29, 1.82) is 0 Å². The van der Waals surface area contributed by atoms with Crippen LogP contribution in [0.15, 0.2) is 42.9 Å². The van der Waals surface area contributed by atoms with Crippen LogP contribution in [0.2, 0.25) is 0 Å². The third kappa shape index (κ3) is 3.89. The molecule has 2 aromatic rings. The first-order valence-corrected chi connectivity index (χ1v) is 9.63. The molecule has 4 rings (SSSR count). The van der Waals surface area contributed by atoms with E-state index in [1.807, 2.05) is 30.0 Å². The van der Waals surface area contributed by atoms with Gasteiger partial charge in [0.1, 0.15) is 0 Å². The number of piperidine rings is 1. The molecule has 2 aromatic heterocycles. The molecule has 0 saturated carbocycles. The molecule has 2 amide bonds. The minimum absolute atomic E-state index is 0.0242. The molecular formula is C21H24N4O3. The summed E-state index contributed by atoms with van der Waals surface area (Å²) in [7, 11) is 0. The summed E-state index contributed by atoms with van der Waals surface area (Å²) < 4.78 is 5.84. The van der Waals surface area contributed by atoms with Gasteiger partial charge in [0.05, 0.1) is 23.6 Å². The van der Waals surface area contributed by atoms with Crippen molar-refractivity contribution in [3.63, 3.8) is 0 Å². The molecule has 1 N–H and O–H groups in total. The van der Waals surface area contributed by atoms with Crippen LogP contribution >= 0.6 is 0 Å². The highest BCUT2D eigenvalue weighted by atomic mass is 16.5. The van der Waals surface area contributed by atoms with E-state index in [0.717, 1.165) is 17.7 Å². The molecule has 0 aromatic carbocycles. The van der Waals surface area contributed by atoms with Crippen molar-refractivity contribution in [3.05, 3.63) is 59.7 Å². The number of aryl methyl sites for hydroxylation is 1. The average molecular weight is 380 g/mol. The molecule has 0 bridgehead atoms. The highest BCUT2D eigenvalue weighted by Gasteiger charge is 2.44. The van der Waals surface area contributed by atoms with Gasteiger partial charge in [-0.15, -0.1) is 0 Å². The van der Waals surface area contributed by atoms with Gasteiger partial charge in [-0.25, -0.2) is 0 Å². The van der Waals surface area contributed by atoms with E-state index in [1.54, 1.807) is 24.7 Å². The summed E-state index contributed by atoms with van der Waals surface area (Å²) >= 11 is 0. The van der Waals surface area contributed by atoms with Crippen LogP contribution in [-0.2, 0) is 16.1 Å². The first kappa shape index (κ1) is 18.6. The first-order chi connectivity index (χ1) is 13.6. The molecule has 2 fully saturated rings. The van der Waals surface area contributed by atoms with Gasteiger partial charge in [0.2, 0.25) is 5.91 Å². The Balaban J connectivity index is 1.46. The molecule has 2 aliphatic rings. The summed E-state index contributed by atoms with van der Waals surface area (Å²) in [6, 6.07) is 7.41. The number of amides is 2. The van der Waals surface area contributed by atoms with Gasteiger partial charge in [-0.1, -0.05) is 6.07 Å². The zero-order chi connectivity index (χ0) is 19.5. The SMILES string of the molecule is Cc1ccc(C(=O)N2C[C@@H](C(=O)NCc3cccnc3)C[C@H]3OCC[C@H]32)cn1. The average Bonchev–Trinajstić information content (AvgIpc) is 3.21. The number of likely N-dealkylation sites (tertiary alicyclic amines) is 1. The van der Waals surface area contributed by atoms with Crippen molar-refractivity contribution in [1.82, 2.24) is 20.2 Å². The third-order valence-corrected chi connectivity index (χ3v) is 5.49. The predicted octanol–water partition coefficient (Wildman–Crippen LogP) is 1.72. The molecule has 3 atom stereocenters. The number of aromatic nitrogens is 2. The number of nitrogens with zero attached hydrogens (tertiary/aromatic N) is 3. The number of ether oxygens (including phenoxy) is 1. The van der Waals surface area contributed by atoms with E-state index in [1.165, 1.54) is 0 Å². The Hall–Kier alpha value is -2.80. The van der Waals surface area contributed by atoms with Crippen LogP contribution in [0.25, 0.3) is 0 Å². The van der Waals surface area contributed by atoms with Gasteiger partial charge in [0.15, 0.2) is 0 Å². The quantitative estimate of drug-likeness (QED) is 0.873. The Morgan fingerprint density at radius 3 is 2.93 bits per heavy atom. The van der Waals surface area contributed by atoms with Crippen LogP contribution in [0.5, 0.6) is 0 Å². The monoisotopic (exact) mass is 380 g/mol. The molecule has 7 nitrogen and oxygen atoms in total. The summed E-state index contributed by atoms with van der Waals surface area (Å²) in [5, 5.41) is 2.97. The number of carbonyl (C=O) groups excluding carboxylic acids is 2. The fraction of sp³-hybridized carbons (Fsp3) is 0.429. The van der Waals surface area contributed by atoms with E-state index >= 15 is 0 Å². The highest BCUT2D eigenvalue weighted by molar-refractivity contribution is 5.94. The fourth-order valence-corrected chi connectivity index (χ4v) is 3.97.